The molecular formula is C17H17NO4S. The number of carbonyl (C=O) groups excluding carboxylic acids is 1. The lowest BCUT2D eigenvalue weighted by Crippen LogP contribution is -2.32. The van der Waals surface area contributed by atoms with E-state index < -0.39 is 10.0 Å². The quantitative estimate of drug-likeness (QED) is 0.874. The molecule has 0 radical (unpaired) electrons. The molecule has 0 saturated carbocycles. The Bertz CT molecular complexity index is 828. The average Bonchev–Trinajstić information content (AvgIpc) is 2.55. The maximum absolute atomic E-state index is 12.6. The average molecular weight is 331 g/mol. The third kappa shape index (κ3) is 3.28. The molecule has 1 N–H and O–H groups in total. The summed E-state index contributed by atoms with van der Waals surface area (Å²) in [6, 6.07) is 13.0. The van der Waals surface area contributed by atoms with E-state index in [0.717, 1.165) is 5.56 Å². The predicted molar refractivity (Wildman–Crippen MR) is 86.1 cm³/mol. The normalized spacial score (nSPS) is 17.2. The summed E-state index contributed by atoms with van der Waals surface area (Å²) in [5.74, 6) is 0.610. The van der Waals surface area contributed by atoms with Gasteiger partial charge in [-0.15, -0.1) is 0 Å². The van der Waals surface area contributed by atoms with Crippen molar-refractivity contribution in [3.63, 3.8) is 0 Å². The largest absolute Gasteiger partial charge is 0.493 e. The summed E-state index contributed by atoms with van der Waals surface area (Å²) >= 11 is 0. The molecule has 1 aliphatic heterocycles. The van der Waals surface area contributed by atoms with Crippen molar-refractivity contribution in [1.82, 2.24) is 4.72 Å². The second-order valence-corrected chi connectivity index (χ2v) is 7.14. The molecule has 0 aromatic heterocycles. The Labute approximate surface area is 135 Å². The first kappa shape index (κ1) is 15.7. The molecule has 0 bridgehead atoms. The number of ether oxygens (including phenoxy) is 1. The van der Waals surface area contributed by atoms with Crippen LogP contribution in [0.3, 0.4) is 0 Å². The third-order valence-electron chi connectivity index (χ3n) is 3.83. The van der Waals surface area contributed by atoms with E-state index in [1.807, 2.05) is 24.3 Å². The zero-order valence-corrected chi connectivity index (χ0v) is 13.5. The van der Waals surface area contributed by atoms with Gasteiger partial charge in [0, 0.05) is 17.5 Å². The molecule has 6 heteroatoms. The van der Waals surface area contributed by atoms with E-state index in [0.29, 0.717) is 24.3 Å². The third-order valence-corrected chi connectivity index (χ3v) is 5.31. The van der Waals surface area contributed by atoms with Crippen molar-refractivity contribution in [3.8, 4) is 5.75 Å². The lowest BCUT2D eigenvalue weighted by molar-refractivity contribution is 0.101. The van der Waals surface area contributed by atoms with E-state index in [-0.39, 0.29) is 16.7 Å². The summed E-state index contributed by atoms with van der Waals surface area (Å²) in [5.41, 5.74) is 1.32. The smallest absolute Gasteiger partial charge is 0.241 e. The van der Waals surface area contributed by atoms with Crippen molar-refractivity contribution < 1.29 is 17.9 Å². The van der Waals surface area contributed by atoms with Crippen LogP contribution in [0.4, 0.5) is 0 Å². The number of benzene rings is 2. The van der Waals surface area contributed by atoms with Gasteiger partial charge >= 0.3 is 0 Å². The molecule has 0 aliphatic carbocycles. The highest BCUT2D eigenvalue weighted by Gasteiger charge is 2.26. The van der Waals surface area contributed by atoms with Crippen LogP contribution in [0.1, 0.15) is 35.3 Å². The Hall–Kier alpha value is -2.18. The van der Waals surface area contributed by atoms with Crippen LogP contribution in [-0.4, -0.2) is 20.8 Å². The van der Waals surface area contributed by atoms with Gasteiger partial charge in [0.2, 0.25) is 10.0 Å². The van der Waals surface area contributed by atoms with Crippen LogP contribution in [0.2, 0.25) is 0 Å². The number of sulfonamides is 1. The summed E-state index contributed by atoms with van der Waals surface area (Å²) in [7, 11) is -3.66. The summed E-state index contributed by atoms with van der Waals surface area (Å²) in [6.45, 7) is 1.91. The maximum Gasteiger partial charge on any atom is 0.241 e. The zero-order chi connectivity index (χ0) is 16.4. The number of Topliss-reactive ketones (excluding diaryl/α,β-unsaturated/α-hetero) is 1. The number of ketones is 1. The molecule has 3 rings (SSSR count). The van der Waals surface area contributed by atoms with Crippen LogP contribution in [0, 0.1) is 0 Å². The van der Waals surface area contributed by atoms with E-state index in [1.165, 1.54) is 31.2 Å². The highest BCUT2D eigenvalue weighted by molar-refractivity contribution is 7.89. The minimum atomic E-state index is -3.66. The summed E-state index contributed by atoms with van der Waals surface area (Å²) in [4.78, 5) is 11.4. The van der Waals surface area contributed by atoms with Crippen molar-refractivity contribution in [2.45, 2.75) is 24.3 Å². The number of fused-ring (bicyclic) bond motifs is 1. The first-order chi connectivity index (χ1) is 11.0. The van der Waals surface area contributed by atoms with E-state index in [9.17, 15) is 13.2 Å². The molecule has 0 spiro atoms. The van der Waals surface area contributed by atoms with Gasteiger partial charge in [-0.3, -0.25) is 4.79 Å². The molecule has 1 heterocycles. The van der Waals surface area contributed by atoms with Gasteiger partial charge in [0.15, 0.2) is 5.78 Å². The van der Waals surface area contributed by atoms with Crippen LogP contribution in [0.25, 0.3) is 0 Å². The van der Waals surface area contributed by atoms with E-state index in [2.05, 4.69) is 4.72 Å². The molecule has 2 aromatic rings. The first-order valence-corrected chi connectivity index (χ1v) is 8.81. The topological polar surface area (TPSA) is 72.5 Å². The first-order valence-electron chi connectivity index (χ1n) is 7.32. The summed E-state index contributed by atoms with van der Waals surface area (Å²) < 4.78 is 33.4. The van der Waals surface area contributed by atoms with Crippen molar-refractivity contribution >= 4 is 15.8 Å². The van der Waals surface area contributed by atoms with Gasteiger partial charge in [-0.1, -0.05) is 30.3 Å². The van der Waals surface area contributed by atoms with Gasteiger partial charge in [-0.05, 0) is 25.1 Å². The van der Waals surface area contributed by atoms with Crippen molar-refractivity contribution in [1.29, 1.82) is 0 Å². The second-order valence-electron chi connectivity index (χ2n) is 5.43. The number of hydrogen-bond donors (Lipinski definition) is 1. The molecule has 2 aromatic carbocycles. The highest BCUT2D eigenvalue weighted by atomic mass is 32.2. The van der Waals surface area contributed by atoms with Crippen molar-refractivity contribution in [3.05, 3.63) is 59.7 Å². The molecule has 23 heavy (non-hydrogen) atoms. The van der Waals surface area contributed by atoms with Crippen LogP contribution < -0.4 is 9.46 Å². The molecule has 1 unspecified atom stereocenters. The van der Waals surface area contributed by atoms with Gasteiger partial charge in [0.25, 0.3) is 0 Å². The van der Waals surface area contributed by atoms with Crippen LogP contribution in [-0.2, 0) is 10.0 Å². The molecule has 1 aliphatic rings. The number of hydrogen-bond acceptors (Lipinski definition) is 4. The number of carbonyl (C=O) groups is 1. The minimum absolute atomic E-state index is 0.0970. The van der Waals surface area contributed by atoms with Gasteiger partial charge in [-0.25, -0.2) is 13.1 Å². The Kier molecular flexibility index (Phi) is 4.19. The fraction of sp³-hybridized carbons (Fsp3) is 0.235. The summed E-state index contributed by atoms with van der Waals surface area (Å²) in [5, 5.41) is 0. The zero-order valence-electron chi connectivity index (χ0n) is 12.7. The number of para-hydroxylation sites is 1. The molecule has 5 nitrogen and oxygen atoms in total. The fourth-order valence-corrected chi connectivity index (χ4v) is 3.84. The summed E-state index contributed by atoms with van der Waals surface area (Å²) in [6.07, 6.45) is 0.571. The fourth-order valence-electron chi connectivity index (χ4n) is 2.59. The van der Waals surface area contributed by atoms with Gasteiger partial charge in [0.05, 0.1) is 17.5 Å². The van der Waals surface area contributed by atoms with E-state index >= 15 is 0 Å². The molecule has 0 saturated heterocycles. The Morgan fingerprint density at radius 1 is 1.13 bits per heavy atom. The monoisotopic (exact) mass is 331 g/mol. The predicted octanol–water partition coefficient (Wildman–Crippen LogP) is 2.69. The standard InChI is InChI=1S/C17H17NO4S/c1-12(19)13-6-8-14(9-7-13)23(20,21)18-16-10-11-22-17-5-3-2-4-15(16)17/h2-9,16,18H,10-11H2,1H3. The minimum Gasteiger partial charge on any atom is -0.493 e. The van der Waals surface area contributed by atoms with E-state index in [4.69, 9.17) is 4.74 Å². The Balaban J connectivity index is 1.86. The van der Waals surface area contributed by atoms with Gasteiger partial charge in [-0.2, -0.15) is 0 Å². The van der Waals surface area contributed by atoms with Crippen molar-refractivity contribution in [2.24, 2.45) is 0 Å². The molecule has 0 amide bonds. The Morgan fingerprint density at radius 2 is 1.83 bits per heavy atom. The van der Waals surface area contributed by atoms with Gasteiger partial charge < -0.3 is 4.74 Å². The lowest BCUT2D eigenvalue weighted by atomic mass is 10.0. The van der Waals surface area contributed by atoms with Crippen LogP contribution in [0.15, 0.2) is 53.4 Å². The highest BCUT2D eigenvalue weighted by Crippen LogP contribution is 2.32. The van der Waals surface area contributed by atoms with Crippen LogP contribution in [0.5, 0.6) is 5.75 Å². The second kappa shape index (κ2) is 6.14. The number of nitrogens with one attached hydrogen (secondary N) is 1. The maximum atomic E-state index is 12.6. The Morgan fingerprint density at radius 3 is 2.52 bits per heavy atom. The molecular weight excluding hydrogens is 314 g/mol. The van der Waals surface area contributed by atoms with E-state index in [1.54, 1.807) is 0 Å². The van der Waals surface area contributed by atoms with Gasteiger partial charge in [0.1, 0.15) is 5.75 Å². The molecule has 120 valence electrons. The van der Waals surface area contributed by atoms with Crippen LogP contribution >= 0.6 is 0 Å². The molecule has 0 fully saturated rings. The van der Waals surface area contributed by atoms with Crippen molar-refractivity contribution in [2.75, 3.05) is 6.61 Å². The molecule has 1 atom stereocenters. The SMILES string of the molecule is CC(=O)c1ccc(S(=O)(=O)NC2CCOc3ccccc32)cc1. The number of rotatable bonds is 4. The lowest BCUT2D eigenvalue weighted by Gasteiger charge is -2.26.